The van der Waals surface area contributed by atoms with E-state index in [4.69, 9.17) is 32.5 Å². The van der Waals surface area contributed by atoms with Crippen LogP contribution in [0.3, 0.4) is 0 Å². The summed E-state index contributed by atoms with van der Waals surface area (Å²) in [5.41, 5.74) is 4.99. The van der Waals surface area contributed by atoms with Crippen molar-refractivity contribution in [1.29, 1.82) is 0 Å². The van der Waals surface area contributed by atoms with E-state index >= 15 is 0 Å². The first-order valence-corrected chi connectivity index (χ1v) is 12.9. The van der Waals surface area contributed by atoms with Crippen molar-refractivity contribution in [3.8, 4) is 11.3 Å². The van der Waals surface area contributed by atoms with Gasteiger partial charge in [0.15, 0.2) is 0 Å². The Morgan fingerprint density at radius 1 is 1.09 bits per heavy atom. The van der Waals surface area contributed by atoms with Gasteiger partial charge in [0.05, 0.1) is 34.6 Å². The summed E-state index contributed by atoms with van der Waals surface area (Å²) in [6, 6.07) is 7.57. The lowest BCUT2D eigenvalue weighted by Gasteiger charge is -2.21. The van der Waals surface area contributed by atoms with Gasteiger partial charge in [0.1, 0.15) is 17.0 Å². The molecule has 4 heterocycles. The summed E-state index contributed by atoms with van der Waals surface area (Å²) in [7, 11) is 0. The van der Waals surface area contributed by atoms with Gasteiger partial charge in [-0.25, -0.2) is 4.98 Å². The highest BCUT2D eigenvalue weighted by molar-refractivity contribution is 6.39. The zero-order valence-corrected chi connectivity index (χ0v) is 20.5. The molecule has 3 aliphatic rings. The van der Waals surface area contributed by atoms with Gasteiger partial charge < -0.3 is 14.2 Å². The Kier molecular flexibility index (Phi) is 5.22. The third-order valence-corrected chi connectivity index (χ3v) is 8.29. The van der Waals surface area contributed by atoms with Crippen molar-refractivity contribution in [3.63, 3.8) is 0 Å². The molecule has 1 aliphatic heterocycles. The number of aromatic amines is 1. The maximum atomic E-state index is 6.50. The fourth-order valence-electron chi connectivity index (χ4n) is 5.74. The number of aromatic nitrogens is 5. The first kappa shape index (κ1) is 21.6. The molecular weight excluding hydrogens is 487 g/mol. The minimum absolute atomic E-state index is 0.222. The molecule has 10 heteroatoms. The summed E-state index contributed by atoms with van der Waals surface area (Å²) in [5, 5.41) is 16.4. The second-order valence-electron chi connectivity index (χ2n) is 9.93. The highest BCUT2D eigenvalue weighted by atomic mass is 35.5. The van der Waals surface area contributed by atoms with Crippen LogP contribution in [0.25, 0.3) is 22.4 Å². The second-order valence-corrected chi connectivity index (χ2v) is 10.7. The van der Waals surface area contributed by atoms with Crippen LogP contribution < -0.4 is 4.90 Å². The zero-order chi connectivity index (χ0) is 23.5. The normalized spacial score (nSPS) is 23.9. The number of hydrogen-bond donors (Lipinski definition) is 1. The average molecular weight is 511 g/mol. The number of ether oxygens (including phenoxy) is 1. The molecule has 1 N–H and O–H groups in total. The van der Waals surface area contributed by atoms with E-state index in [1.54, 1.807) is 0 Å². The molecule has 0 radical (unpaired) electrons. The van der Waals surface area contributed by atoms with Gasteiger partial charge in [-0.3, -0.25) is 0 Å². The number of hydrogen-bond acceptors (Lipinski definition) is 7. The van der Waals surface area contributed by atoms with Crippen molar-refractivity contribution in [2.24, 2.45) is 11.8 Å². The molecule has 1 unspecified atom stereocenters. The third-order valence-electron chi connectivity index (χ3n) is 7.66. The number of anilines is 1. The lowest BCUT2D eigenvalue weighted by molar-refractivity contribution is 0.0403. The molecule has 3 atom stereocenters. The van der Waals surface area contributed by atoms with E-state index in [9.17, 15) is 0 Å². The van der Waals surface area contributed by atoms with Crippen LogP contribution in [-0.2, 0) is 11.3 Å². The van der Waals surface area contributed by atoms with Gasteiger partial charge in [-0.15, -0.1) is 5.10 Å². The quantitative estimate of drug-likeness (QED) is 0.359. The Bertz CT molecular complexity index is 1370. The van der Waals surface area contributed by atoms with Crippen LogP contribution >= 0.6 is 23.2 Å². The number of rotatable bonds is 6. The molecule has 3 aromatic heterocycles. The van der Waals surface area contributed by atoms with Crippen LogP contribution in [0.4, 0.5) is 5.69 Å². The minimum atomic E-state index is 0.222. The van der Waals surface area contributed by atoms with Crippen LogP contribution in [0.15, 0.2) is 35.0 Å². The first-order valence-electron chi connectivity index (χ1n) is 12.1. The molecule has 2 saturated carbocycles. The average Bonchev–Trinajstić information content (AvgIpc) is 3.16. The fraction of sp³-hybridized carbons (Fsp3) is 0.440. The Hall–Kier alpha value is -2.68. The second kappa shape index (κ2) is 8.47. The van der Waals surface area contributed by atoms with Gasteiger partial charge in [-0.2, -0.15) is 10.3 Å². The molecule has 180 valence electrons. The number of nitrogens with one attached hydrogen (secondary N) is 1. The molecule has 1 aromatic carbocycles. The van der Waals surface area contributed by atoms with Gasteiger partial charge in [-0.05, 0) is 55.7 Å². The van der Waals surface area contributed by atoms with Crippen molar-refractivity contribution >= 4 is 40.1 Å². The zero-order valence-electron chi connectivity index (χ0n) is 19.0. The molecule has 0 bridgehead atoms. The van der Waals surface area contributed by atoms with Gasteiger partial charge in [0, 0.05) is 30.1 Å². The van der Waals surface area contributed by atoms with E-state index in [0.29, 0.717) is 45.7 Å². The van der Waals surface area contributed by atoms with Crippen molar-refractivity contribution in [2.45, 2.75) is 44.3 Å². The van der Waals surface area contributed by atoms with Crippen LogP contribution in [-0.4, -0.2) is 44.7 Å². The molecule has 0 spiro atoms. The first-order chi connectivity index (χ1) is 17.1. The summed E-state index contributed by atoms with van der Waals surface area (Å²) >= 11 is 13.0. The van der Waals surface area contributed by atoms with Crippen LogP contribution in [0.1, 0.15) is 42.9 Å². The maximum absolute atomic E-state index is 6.50. The van der Waals surface area contributed by atoms with E-state index in [2.05, 4.69) is 36.5 Å². The number of fused-ring (bicyclic) bond motifs is 2. The van der Waals surface area contributed by atoms with Crippen LogP contribution in [0.2, 0.25) is 10.0 Å². The highest BCUT2D eigenvalue weighted by Gasteiger charge is 2.42. The largest absolute Gasteiger partial charge is 0.373 e. The lowest BCUT2D eigenvalue weighted by atomic mass is 10.0. The Morgan fingerprint density at radius 2 is 1.86 bits per heavy atom. The summed E-state index contributed by atoms with van der Waals surface area (Å²) in [4.78, 5) is 6.83. The standard InChI is InChI=1S/C25H24Cl2N6O2/c26-19-2-1-3-20(27)22(19)23-18(24(35-31-23)13-4-5-13)12-34-17-6-14-10-33(11-15(14)7-17)16-8-21-25(28-9-16)30-32-29-21/h1-3,8-9,13-15,17H,4-7,10-12H2,(H,28,29,30,32)/t14-,15+,17?. The van der Waals surface area contributed by atoms with Crippen molar-refractivity contribution in [1.82, 2.24) is 25.6 Å². The number of pyridine rings is 1. The molecular formula is C25H24Cl2N6O2. The molecule has 0 amide bonds. The monoisotopic (exact) mass is 510 g/mol. The fourth-order valence-corrected chi connectivity index (χ4v) is 6.32. The molecule has 1 saturated heterocycles. The van der Waals surface area contributed by atoms with Crippen molar-refractivity contribution in [2.75, 3.05) is 18.0 Å². The van der Waals surface area contributed by atoms with Crippen LogP contribution in [0, 0.1) is 11.8 Å². The predicted molar refractivity (Wildman–Crippen MR) is 133 cm³/mol. The number of benzene rings is 1. The summed E-state index contributed by atoms with van der Waals surface area (Å²) in [6.07, 6.45) is 6.46. The maximum Gasteiger partial charge on any atom is 0.201 e. The number of nitrogens with zero attached hydrogens (tertiary/aromatic N) is 5. The molecule has 7 rings (SSSR count). The summed E-state index contributed by atoms with van der Waals surface area (Å²) in [6.45, 7) is 2.49. The van der Waals surface area contributed by atoms with E-state index in [0.717, 1.165) is 66.9 Å². The van der Waals surface area contributed by atoms with E-state index in [1.807, 2.05) is 24.4 Å². The Labute approximate surface area is 211 Å². The molecule has 35 heavy (non-hydrogen) atoms. The smallest absolute Gasteiger partial charge is 0.201 e. The van der Waals surface area contributed by atoms with Gasteiger partial charge in [0.2, 0.25) is 5.65 Å². The molecule has 4 aromatic rings. The third kappa shape index (κ3) is 3.88. The van der Waals surface area contributed by atoms with Crippen molar-refractivity contribution in [3.05, 3.63) is 51.8 Å². The van der Waals surface area contributed by atoms with E-state index < -0.39 is 0 Å². The Morgan fingerprint density at radius 3 is 2.60 bits per heavy atom. The van der Waals surface area contributed by atoms with Gasteiger partial charge >= 0.3 is 0 Å². The molecule has 3 fully saturated rings. The molecule has 8 nitrogen and oxygen atoms in total. The van der Waals surface area contributed by atoms with E-state index in [-0.39, 0.29) is 6.10 Å². The number of halogens is 2. The predicted octanol–water partition coefficient (Wildman–Crippen LogP) is 5.62. The number of H-pyrrole nitrogens is 1. The van der Waals surface area contributed by atoms with E-state index in [1.165, 1.54) is 0 Å². The minimum Gasteiger partial charge on any atom is -0.373 e. The van der Waals surface area contributed by atoms with Crippen LogP contribution in [0.5, 0.6) is 0 Å². The van der Waals surface area contributed by atoms with Gasteiger partial charge in [0.25, 0.3) is 0 Å². The topological polar surface area (TPSA) is 93.0 Å². The summed E-state index contributed by atoms with van der Waals surface area (Å²) < 4.78 is 12.3. The molecule has 2 aliphatic carbocycles. The summed E-state index contributed by atoms with van der Waals surface area (Å²) in [5.74, 6) is 2.56. The highest BCUT2D eigenvalue weighted by Crippen LogP contribution is 2.47. The van der Waals surface area contributed by atoms with Crippen molar-refractivity contribution < 1.29 is 9.26 Å². The Balaban J connectivity index is 1.05. The van der Waals surface area contributed by atoms with Gasteiger partial charge in [-0.1, -0.05) is 34.4 Å². The lowest BCUT2D eigenvalue weighted by Crippen LogP contribution is -2.23. The SMILES string of the molecule is Clc1cccc(Cl)c1-c1noc(C2CC2)c1COC1C[C@@H]2CN(c3cnc4n[nH]nc4c3)C[C@@H]2C1.